The molecule has 0 atom stereocenters. The van der Waals surface area contributed by atoms with Crippen LogP contribution in [0.15, 0.2) is 28.8 Å². The van der Waals surface area contributed by atoms with Gasteiger partial charge in [0.1, 0.15) is 5.75 Å². The molecule has 1 fully saturated rings. The first-order valence-corrected chi connectivity index (χ1v) is 9.18. The van der Waals surface area contributed by atoms with Crippen molar-refractivity contribution < 1.29 is 14.1 Å². The van der Waals surface area contributed by atoms with Crippen LogP contribution in [-0.4, -0.2) is 39.6 Å². The number of aryl methyl sites for hydroxylation is 2. The molecule has 1 amide bonds. The molecule has 1 aromatic carbocycles. The molecule has 3 rings (SSSR count). The molecular weight excluding hydrogens is 330 g/mol. The smallest absolute Gasteiger partial charge is 0.266 e. The molecule has 2 aromatic rings. The molecular formula is C20H27N3O3. The minimum absolute atomic E-state index is 0.0342. The number of piperidine rings is 1. The molecule has 0 unspecified atom stereocenters. The Labute approximate surface area is 154 Å². The lowest BCUT2D eigenvalue weighted by atomic mass is 9.92. The zero-order valence-electron chi connectivity index (χ0n) is 16.0. The van der Waals surface area contributed by atoms with Gasteiger partial charge in [0.15, 0.2) is 11.4 Å². The third-order valence-corrected chi connectivity index (χ3v) is 4.85. The molecule has 1 aliphatic rings. The first-order valence-electron chi connectivity index (χ1n) is 9.18. The second-order valence-corrected chi connectivity index (χ2v) is 7.59. The van der Waals surface area contributed by atoms with Crippen molar-refractivity contribution in [3.63, 3.8) is 0 Å². The lowest BCUT2D eigenvalue weighted by Gasteiger charge is -2.36. The molecule has 26 heavy (non-hydrogen) atoms. The number of carbonyl (C=O) groups excluding carboxylic acids is 1. The van der Waals surface area contributed by atoms with Crippen LogP contribution in [0.2, 0.25) is 0 Å². The predicted octanol–water partition coefficient (Wildman–Crippen LogP) is 3.33. The monoisotopic (exact) mass is 357 g/mol. The van der Waals surface area contributed by atoms with Crippen LogP contribution in [0.4, 0.5) is 0 Å². The molecule has 1 aliphatic heterocycles. The lowest BCUT2D eigenvalue weighted by Crippen LogP contribution is -2.51. The molecule has 0 bridgehead atoms. The number of benzene rings is 1. The van der Waals surface area contributed by atoms with Crippen LogP contribution in [0.25, 0.3) is 0 Å². The van der Waals surface area contributed by atoms with Crippen molar-refractivity contribution in [1.29, 1.82) is 0 Å². The van der Waals surface area contributed by atoms with E-state index in [1.54, 1.807) is 6.92 Å². The number of amides is 1. The third kappa shape index (κ3) is 4.42. The molecule has 1 aromatic heterocycles. The van der Waals surface area contributed by atoms with Gasteiger partial charge in [-0.1, -0.05) is 22.9 Å². The number of aromatic nitrogens is 2. The van der Waals surface area contributed by atoms with Crippen molar-refractivity contribution in [2.24, 2.45) is 5.92 Å². The van der Waals surface area contributed by atoms with Gasteiger partial charge in [-0.05, 0) is 51.7 Å². The molecule has 0 saturated carbocycles. The van der Waals surface area contributed by atoms with Crippen molar-refractivity contribution in [1.82, 2.24) is 15.0 Å². The number of hydrogen-bond donors (Lipinski definition) is 0. The summed E-state index contributed by atoms with van der Waals surface area (Å²) in [6.07, 6.45) is 2.70. The summed E-state index contributed by atoms with van der Waals surface area (Å²) < 4.78 is 11.0. The summed E-state index contributed by atoms with van der Waals surface area (Å²) >= 11 is 0. The van der Waals surface area contributed by atoms with E-state index in [1.165, 1.54) is 5.56 Å². The van der Waals surface area contributed by atoms with Gasteiger partial charge in [0.25, 0.3) is 5.91 Å². The molecule has 0 aliphatic carbocycles. The van der Waals surface area contributed by atoms with E-state index >= 15 is 0 Å². The van der Waals surface area contributed by atoms with Crippen molar-refractivity contribution in [3.05, 3.63) is 41.5 Å². The molecule has 6 nitrogen and oxygen atoms in total. The highest BCUT2D eigenvalue weighted by Gasteiger charge is 2.36. The highest BCUT2D eigenvalue weighted by molar-refractivity contribution is 5.84. The van der Waals surface area contributed by atoms with E-state index in [0.29, 0.717) is 11.8 Å². The second kappa shape index (κ2) is 7.48. The molecule has 0 radical (unpaired) electrons. The summed E-state index contributed by atoms with van der Waals surface area (Å²) in [7, 11) is 0. The number of rotatable bonds is 5. The van der Waals surface area contributed by atoms with E-state index in [0.717, 1.165) is 43.9 Å². The number of likely N-dealkylation sites (tertiary alicyclic amines) is 1. The second-order valence-electron chi connectivity index (χ2n) is 7.59. The maximum absolute atomic E-state index is 12.9. The Morgan fingerprint density at radius 1 is 1.23 bits per heavy atom. The topological polar surface area (TPSA) is 68.5 Å². The van der Waals surface area contributed by atoms with Crippen molar-refractivity contribution in [2.45, 2.75) is 52.6 Å². The number of ether oxygens (including phenoxy) is 1. The van der Waals surface area contributed by atoms with E-state index in [4.69, 9.17) is 9.26 Å². The zero-order chi connectivity index (χ0) is 18.7. The summed E-state index contributed by atoms with van der Waals surface area (Å²) in [5, 5.41) is 3.97. The van der Waals surface area contributed by atoms with Crippen molar-refractivity contribution in [3.8, 4) is 5.75 Å². The molecule has 0 N–H and O–H groups in total. The molecule has 140 valence electrons. The minimum atomic E-state index is -0.882. The van der Waals surface area contributed by atoms with Gasteiger partial charge >= 0.3 is 0 Å². The summed E-state index contributed by atoms with van der Waals surface area (Å²) in [4.78, 5) is 19.1. The van der Waals surface area contributed by atoms with Crippen molar-refractivity contribution >= 4 is 5.91 Å². The molecule has 0 spiro atoms. The van der Waals surface area contributed by atoms with Gasteiger partial charge in [-0.2, -0.15) is 4.98 Å². The molecule has 1 saturated heterocycles. The van der Waals surface area contributed by atoms with Gasteiger partial charge in [-0.3, -0.25) is 4.79 Å². The first kappa shape index (κ1) is 18.4. The summed E-state index contributed by atoms with van der Waals surface area (Å²) in [5.41, 5.74) is 0.285. The summed E-state index contributed by atoms with van der Waals surface area (Å²) in [6.45, 7) is 8.98. The summed E-state index contributed by atoms with van der Waals surface area (Å²) in [6, 6.07) is 7.79. The van der Waals surface area contributed by atoms with E-state index in [9.17, 15) is 4.79 Å². The van der Waals surface area contributed by atoms with Gasteiger partial charge in [0.2, 0.25) is 5.89 Å². The molecule has 6 heteroatoms. The quantitative estimate of drug-likeness (QED) is 0.821. The fourth-order valence-corrected chi connectivity index (χ4v) is 3.35. The van der Waals surface area contributed by atoms with Crippen LogP contribution in [0.1, 0.15) is 44.0 Å². The Bertz CT molecular complexity index is 744. The Morgan fingerprint density at radius 2 is 1.88 bits per heavy atom. The standard InChI is InChI=1S/C20H27N3O3/c1-14-5-7-17(8-6-14)25-20(3,4)19(24)23-11-9-16(10-12-23)13-18-21-15(2)26-22-18/h5-8,16H,9-13H2,1-4H3. The van der Waals surface area contributed by atoms with Gasteiger partial charge in [0.05, 0.1) is 0 Å². The average molecular weight is 357 g/mol. The number of carbonyl (C=O) groups is 1. The number of nitrogens with zero attached hydrogens (tertiary/aromatic N) is 3. The number of hydrogen-bond acceptors (Lipinski definition) is 5. The van der Waals surface area contributed by atoms with Crippen LogP contribution in [-0.2, 0) is 11.2 Å². The minimum Gasteiger partial charge on any atom is -0.478 e. The van der Waals surface area contributed by atoms with Gasteiger partial charge in [-0.15, -0.1) is 0 Å². The average Bonchev–Trinajstić information content (AvgIpc) is 3.02. The highest BCUT2D eigenvalue weighted by atomic mass is 16.5. The molecule has 2 heterocycles. The van der Waals surface area contributed by atoms with Crippen LogP contribution in [0.3, 0.4) is 0 Å². The van der Waals surface area contributed by atoms with E-state index in [1.807, 2.05) is 49.9 Å². The normalized spacial score (nSPS) is 15.9. The van der Waals surface area contributed by atoms with Crippen LogP contribution >= 0.6 is 0 Å². The van der Waals surface area contributed by atoms with Crippen molar-refractivity contribution in [2.75, 3.05) is 13.1 Å². The SMILES string of the molecule is Cc1ccc(OC(C)(C)C(=O)N2CCC(Cc3noc(C)n3)CC2)cc1. The Balaban J connectivity index is 1.54. The highest BCUT2D eigenvalue weighted by Crippen LogP contribution is 2.25. The fraction of sp³-hybridized carbons (Fsp3) is 0.550. The fourth-order valence-electron chi connectivity index (χ4n) is 3.35. The Morgan fingerprint density at radius 3 is 2.46 bits per heavy atom. The van der Waals surface area contributed by atoms with Gasteiger partial charge in [-0.25, -0.2) is 0 Å². The summed E-state index contributed by atoms with van der Waals surface area (Å²) in [5.74, 6) is 2.60. The largest absolute Gasteiger partial charge is 0.478 e. The Kier molecular flexibility index (Phi) is 5.30. The first-order chi connectivity index (χ1) is 12.3. The van der Waals surface area contributed by atoms with E-state index in [-0.39, 0.29) is 5.91 Å². The maximum Gasteiger partial charge on any atom is 0.266 e. The van der Waals surface area contributed by atoms with Gasteiger partial charge in [0, 0.05) is 26.4 Å². The van der Waals surface area contributed by atoms with E-state index < -0.39 is 5.60 Å². The maximum atomic E-state index is 12.9. The van der Waals surface area contributed by atoms with Crippen LogP contribution in [0.5, 0.6) is 5.75 Å². The third-order valence-electron chi connectivity index (χ3n) is 4.85. The Hall–Kier alpha value is -2.37. The zero-order valence-corrected chi connectivity index (χ0v) is 16.0. The van der Waals surface area contributed by atoms with Crippen LogP contribution < -0.4 is 4.74 Å². The van der Waals surface area contributed by atoms with Gasteiger partial charge < -0.3 is 14.2 Å². The lowest BCUT2D eigenvalue weighted by molar-refractivity contribution is -0.146. The van der Waals surface area contributed by atoms with Crippen LogP contribution in [0, 0.1) is 19.8 Å². The van der Waals surface area contributed by atoms with E-state index in [2.05, 4.69) is 10.1 Å². The predicted molar refractivity (Wildman–Crippen MR) is 97.9 cm³/mol.